The number of rotatable bonds is 6. The van der Waals surface area contributed by atoms with Gasteiger partial charge in [0.1, 0.15) is 16.4 Å². The molecule has 142 valence electrons. The van der Waals surface area contributed by atoms with Gasteiger partial charge in [-0.1, -0.05) is 12.1 Å². The Balaban J connectivity index is 1.71. The molecule has 0 aliphatic carbocycles. The van der Waals surface area contributed by atoms with E-state index < -0.39 is 0 Å². The molecule has 0 aliphatic rings. The molecule has 28 heavy (non-hydrogen) atoms. The monoisotopic (exact) mass is 410 g/mol. The molecule has 3 heterocycles. The third-order valence-corrected chi connectivity index (χ3v) is 5.68. The highest BCUT2D eigenvalue weighted by atomic mass is 35.5. The average molecular weight is 411 g/mol. The van der Waals surface area contributed by atoms with Crippen LogP contribution in [0.5, 0.6) is 5.75 Å². The van der Waals surface area contributed by atoms with Crippen molar-refractivity contribution in [2.24, 2.45) is 0 Å². The molecule has 0 amide bonds. The number of benzene rings is 1. The summed E-state index contributed by atoms with van der Waals surface area (Å²) in [4.78, 5) is 16.1. The molecule has 1 aromatic carbocycles. The number of likely N-dealkylation sites (N-methyl/N-ethyl adjacent to an activating group) is 1. The number of pyridine rings is 1. The predicted molar refractivity (Wildman–Crippen MR) is 116 cm³/mol. The van der Waals surface area contributed by atoms with Gasteiger partial charge in [-0.15, -0.1) is 11.3 Å². The average Bonchev–Trinajstić information content (AvgIpc) is 3.16. The van der Waals surface area contributed by atoms with Crippen LogP contribution in [0.3, 0.4) is 0 Å². The number of anilines is 1. The van der Waals surface area contributed by atoms with Gasteiger partial charge in [0.2, 0.25) is 5.28 Å². The minimum absolute atomic E-state index is 0.265. The molecule has 0 saturated heterocycles. The number of aromatic nitrogens is 3. The van der Waals surface area contributed by atoms with Gasteiger partial charge in [-0.2, -0.15) is 4.98 Å². The third-order valence-electron chi connectivity index (χ3n) is 4.64. The summed E-state index contributed by atoms with van der Waals surface area (Å²) in [6, 6.07) is 12.1. The van der Waals surface area contributed by atoms with Crippen molar-refractivity contribution in [2.45, 2.75) is 6.42 Å². The normalized spacial score (nSPS) is 11.0. The zero-order chi connectivity index (χ0) is 19.5. The highest BCUT2D eigenvalue weighted by Crippen LogP contribution is 2.39. The van der Waals surface area contributed by atoms with Gasteiger partial charge in [-0.05, 0) is 53.4 Å². The summed E-state index contributed by atoms with van der Waals surface area (Å²) in [7, 11) is 3.70. The smallest absolute Gasteiger partial charge is 0.225 e. The molecule has 0 fully saturated rings. The van der Waals surface area contributed by atoms with Crippen molar-refractivity contribution < 1.29 is 4.74 Å². The van der Waals surface area contributed by atoms with E-state index in [0.29, 0.717) is 0 Å². The van der Waals surface area contributed by atoms with E-state index in [4.69, 9.17) is 16.3 Å². The van der Waals surface area contributed by atoms with E-state index in [1.165, 1.54) is 5.56 Å². The van der Waals surface area contributed by atoms with Crippen LogP contribution >= 0.6 is 22.9 Å². The number of hydrogen-bond donors (Lipinski definition) is 0. The summed E-state index contributed by atoms with van der Waals surface area (Å²) in [5, 5.41) is 3.40. The SMILES string of the molecule is COc1ccc(-c2csc3nc(Cl)nc(N(C)CCc4ccncc4)c23)cc1. The van der Waals surface area contributed by atoms with Crippen molar-refractivity contribution in [3.05, 3.63) is 65.0 Å². The molecule has 0 spiro atoms. The topological polar surface area (TPSA) is 51.1 Å². The molecule has 4 aromatic rings. The second kappa shape index (κ2) is 8.12. The highest BCUT2D eigenvalue weighted by Gasteiger charge is 2.17. The lowest BCUT2D eigenvalue weighted by atomic mass is 10.1. The van der Waals surface area contributed by atoms with Crippen LogP contribution in [-0.2, 0) is 6.42 Å². The lowest BCUT2D eigenvalue weighted by Crippen LogP contribution is -2.22. The number of nitrogens with zero attached hydrogens (tertiary/aromatic N) is 4. The maximum Gasteiger partial charge on any atom is 0.225 e. The van der Waals surface area contributed by atoms with Gasteiger partial charge < -0.3 is 9.64 Å². The van der Waals surface area contributed by atoms with Gasteiger partial charge >= 0.3 is 0 Å². The molecule has 4 rings (SSSR count). The van der Waals surface area contributed by atoms with Crippen LogP contribution in [0.1, 0.15) is 5.56 Å². The first kappa shape index (κ1) is 18.7. The Morgan fingerprint density at radius 2 is 1.82 bits per heavy atom. The summed E-state index contributed by atoms with van der Waals surface area (Å²) in [6.07, 6.45) is 4.52. The number of ether oxygens (including phenoxy) is 1. The molecule has 0 unspecified atom stereocenters. The fourth-order valence-electron chi connectivity index (χ4n) is 3.11. The van der Waals surface area contributed by atoms with Crippen molar-refractivity contribution in [1.82, 2.24) is 15.0 Å². The van der Waals surface area contributed by atoms with E-state index in [1.54, 1.807) is 18.4 Å². The van der Waals surface area contributed by atoms with Gasteiger partial charge in [-0.3, -0.25) is 4.98 Å². The van der Waals surface area contributed by atoms with Crippen LogP contribution in [0.2, 0.25) is 5.28 Å². The molecule has 0 atom stereocenters. The van der Waals surface area contributed by atoms with E-state index in [-0.39, 0.29) is 5.28 Å². The van der Waals surface area contributed by atoms with Crippen LogP contribution in [0.4, 0.5) is 5.82 Å². The molecule has 0 bridgehead atoms. The fourth-order valence-corrected chi connectivity index (χ4v) is 4.27. The number of hydrogen-bond acceptors (Lipinski definition) is 6. The summed E-state index contributed by atoms with van der Waals surface area (Å²) in [6.45, 7) is 0.810. The van der Waals surface area contributed by atoms with E-state index in [1.807, 2.05) is 43.7 Å². The maximum absolute atomic E-state index is 6.21. The van der Waals surface area contributed by atoms with Crippen molar-refractivity contribution in [3.63, 3.8) is 0 Å². The fraction of sp³-hybridized carbons (Fsp3) is 0.190. The largest absolute Gasteiger partial charge is 0.497 e. The van der Waals surface area contributed by atoms with Crippen molar-refractivity contribution >= 4 is 39.0 Å². The summed E-state index contributed by atoms with van der Waals surface area (Å²) >= 11 is 7.79. The number of fused-ring (bicyclic) bond motifs is 1. The van der Waals surface area contributed by atoms with Crippen LogP contribution in [0.15, 0.2) is 54.2 Å². The van der Waals surface area contributed by atoms with Crippen molar-refractivity contribution in [1.29, 1.82) is 0 Å². The maximum atomic E-state index is 6.21. The van der Waals surface area contributed by atoms with E-state index in [9.17, 15) is 0 Å². The molecule has 7 heteroatoms. The number of thiophene rings is 1. The zero-order valence-electron chi connectivity index (χ0n) is 15.6. The molecule has 5 nitrogen and oxygen atoms in total. The Bertz CT molecular complexity index is 1080. The van der Waals surface area contributed by atoms with E-state index >= 15 is 0 Å². The first-order chi connectivity index (χ1) is 13.7. The van der Waals surface area contributed by atoms with Crippen molar-refractivity contribution in [2.75, 3.05) is 25.6 Å². The zero-order valence-corrected chi connectivity index (χ0v) is 17.2. The second-order valence-electron chi connectivity index (χ2n) is 6.40. The van der Waals surface area contributed by atoms with Crippen LogP contribution in [-0.4, -0.2) is 35.7 Å². The third kappa shape index (κ3) is 3.79. The first-order valence-electron chi connectivity index (χ1n) is 8.85. The molecular weight excluding hydrogens is 392 g/mol. The number of methoxy groups -OCH3 is 1. The molecule has 0 N–H and O–H groups in total. The Morgan fingerprint density at radius 1 is 1.07 bits per heavy atom. The van der Waals surface area contributed by atoms with Crippen LogP contribution in [0.25, 0.3) is 21.3 Å². The van der Waals surface area contributed by atoms with Crippen molar-refractivity contribution in [3.8, 4) is 16.9 Å². The minimum Gasteiger partial charge on any atom is -0.497 e. The Labute approximate surface area is 172 Å². The summed E-state index contributed by atoms with van der Waals surface area (Å²) < 4.78 is 5.27. The molecule has 0 saturated carbocycles. The standard InChI is InChI=1S/C21H19ClN4OS/c1-26(12-9-14-7-10-23-11-8-14)19-18-17(13-28-20(18)25-21(22)24-19)15-3-5-16(27-2)6-4-15/h3-8,10-11,13H,9,12H2,1-2H3. The van der Waals surface area contributed by atoms with E-state index in [0.717, 1.165) is 45.9 Å². The Kier molecular flexibility index (Phi) is 5.41. The number of halogens is 1. The van der Waals surface area contributed by atoms with E-state index in [2.05, 4.69) is 37.4 Å². The van der Waals surface area contributed by atoms with Gasteiger partial charge in [0.25, 0.3) is 0 Å². The van der Waals surface area contributed by atoms with Gasteiger partial charge in [0.15, 0.2) is 0 Å². The lowest BCUT2D eigenvalue weighted by Gasteiger charge is -2.20. The lowest BCUT2D eigenvalue weighted by molar-refractivity contribution is 0.415. The van der Waals surface area contributed by atoms with Crippen LogP contribution < -0.4 is 9.64 Å². The first-order valence-corrected chi connectivity index (χ1v) is 10.1. The molecule has 3 aromatic heterocycles. The van der Waals surface area contributed by atoms with Gasteiger partial charge in [0.05, 0.1) is 12.5 Å². The Hall–Kier alpha value is -2.70. The Morgan fingerprint density at radius 3 is 2.54 bits per heavy atom. The second-order valence-corrected chi connectivity index (χ2v) is 7.60. The summed E-state index contributed by atoms with van der Waals surface area (Å²) in [5.74, 6) is 1.67. The van der Waals surface area contributed by atoms with Gasteiger partial charge in [-0.25, -0.2) is 4.98 Å². The quantitative estimate of drug-likeness (QED) is 0.414. The minimum atomic E-state index is 0.265. The summed E-state index contributed by atoms with van der Waals surface area (Å²) in [5.41, 5.74) is 3.44. The molecular formula is C21H19ClN4OS. The highest BCUT2D eigenvalue weighted by molar-refractivity contribution is 7.17. The molecule has 0 aliphatic heterocycles. The molecule has 0 radical (unpaired) electrons. The van der Waals surface area contributed by atoms with Gasteiger partial charge in [0, 0.05) is 36.9 Å². The predicted octanol–water partition coefficient (Wildman–Crippen LogP) is 5.09. The van der Waals surface area contributed by atoms with Crippen LogP contribution in [0, 0.1) is 0 Å².